The Morgan fingerprint density at radius 2 is 1.81 bits per heavy atom. The first kappa shape index (κ1) is 18.6. The van der Waals surface area contributed by atoms with Gasteiger partial charge in [0.1, 0.15) is 12.4 Å². The molecule has 0 saturated carbocycles. The molecule has 27 heavy (non-hydrogen) atoms. The Morgan fingerprint density at radius 1 is 1.00 bits per heavy atom. The number of nitrogens with zero attached hydrogens (tertiary/aromatic N) is 1. The van der Waals surface area contributed by atoms with E-state index in [9.17, 15) is 0 Å². The molecule has 0 aliphatic rings. The fourth-order valence-corrected chi connectivity index (χ4v) is 2.67. The van der Waals surface area contributed by atoms with E-state index in [0.29, 0.717) is 11.7 Å². The average molecular weight is 375 g/mol. The number of hydrazone groups is 1. The normalized spacial score (nSPS) is 10.6. The van der Waals surface area contributed by atoms with E-state index in [4.69, 9.17) is 17.0 Å². The molecule has 0 radical (unpaired) electrons. The van der Waals surface area contributed by atoms with Crippen LogP contribution in [0.2, 0.25) is 0 Å². The summed E-state index contributed by atoms with van der Waals surface area (Å²) in [5.74, 6) is 0.797. The summed E-state index contributed by atoms with van der Waals surface area (Å²) < 4.78 is 5.87. The summed E-state index contributed by atoms with van der Waals surface area (Å²) in [6, 6.07) is 25.8. The van der Waals surface area contributed by atoms with E-state index in [1.165, 1.54) is 5.56 Å². The second kappa shape index (κ2) is 9.50. The number of ether oxygens (including phenoxy) is 1. The van der Waals surface area contributed by atoms with Gasteiger partial charge < -0.3 is 10.1 Å². The van der Waals surface area contributed by atoms with Crippen molar-refractivity contribution in [2.75, 3.05) is 5.32 Å². The lowest BCUT2D eigenvalue weighted by molar-refractivity contribution is 0.306. The van der Waals surface area contributed by atoms with E-state index >= 15 is 0 Å². The van der Waals surface area contributed by atoms with Gasteiger partial charge in [-0.1, -0.05) is 60.2 Å². The Labute approximate surface area is 164 Å². The highest BCUT2D eigenvalue weighted by Crippen LogP contribution is 2.15. The summed E-state index contributed by atoms with van der Waals surface area (Å²) in [5, 5.41) is 7.67. The van der Waals surface area contributed by atoms with Gasteiger partial charge in [0.05, 0.1) is 6.21 Å². The standard InChI is InChI=1S/C22H21N3OS/c1-17-7-5-9-19(13-17)16-26-21-12-6-8-18(14-21)15-23-25-22(27)24-20-10-3-2-4-11-20/h2-15H,16H2,1H3,(H2,24,25,27)/b23-15-. The third kappa shape index (κ3) is 6.24. The van der Waals surface area contributed by atoms with Gasteiger partial charge in [0, 0.05) is 5.69 Å². The van der Waals surface area contributed by atoms with Gasteiger partial charge >= 0.3 is 0 Å². The van der Waals surface area contributed by atoms with Crippen LogP contribution in [-0.2, 0) is 6.61 Å². The zero-order chi connectivity index (χ0) is 18.9. The van der Waals surface area contributed by atoms with Gasteiger partial charge in [-0.3, -0.25) is 5.43 Å². The number of thiocarbonyl (C=S) groups is 1. The number of hydrogen-bond acceptors (Lipinski definition) is 3. The molecule has 0 heterocycles. The molecular formula is C22H21N3OS. The van der Waals surface area contributed by atoms with Crippen LogP contribution >= 0.6 is 12.2 Å². The van der Waals surface area contributed by atoms with Gasteiger partial charge in [0.15, 0.2) is 5.11 Å². The lowest BCUT2D eigenvalue weighted by atomic mass is 10.1. The minimum atomic E-state index is 0.435. The highest BCUT2D eigenvalue weighted by Gasteiger charge is 1.98. The molecule has 0 amide bonds. The molecule has 0 bridgehead atoms. The molecule has 0 saturated heterocycles. The molecule has 3 aromatic rings. The number of nitrogens with one attached hydrogen (secondary N) is 2. The smallest absolute Gasteiger partial charge is 0.191 e. The molecule has 0 unspecified atom stereocenters. The third-order valence-corrected chi connectivity index (χ3v) is 3.95. The lowest BCUT2D eigenvalue weighted by Crippen LogP contribution is -2.23. The van der Waals surface area contributed by atoms with E-state index in [1.54, 1.807) is 6.21 Å². The molecule has 0 fully saturated rings. The summed E-state index contributed by atoms with van der Waals surface area (Å²) >= 11 is 5.22. The van der Waals surface area contributed by atoms with Gasteiger partial charge in [0.2, 0.25) is 0 Å². The molecule has 0 atom stereocenters. The van der Waals surface area contributed by atoms with E-state index < -0.39 is 0 Å². The Balaban J connectivity index is 1.52. The summed E-state index contributed by atoms with van der Waals surface area (Å²) in [5.41, 5.74) is 7.02. The fourth-order valence-electron chi connectivity index (χ4n) is 2.50. The second-order valence-corrected chi connectivity index (χ2v) is 6.45. The molecule has 136 valence electrons. The third-order valence-electron chi connectivity index (χ3n) is 3.76. The quantitative estimate of drug-likeness (QED) is 0.366. The first-order valence-electron chi connectivity index (χ1n) is 8.62. The second-order valence-electron chi connectivity index (χ2n) is 6.04. The number of hydrogen-bond donors (Lipinski definition) is 2. The van der Waals surface area contributed by atoms with E-state index in [-0.39, 0.29) is 0 Å². The van der Waals surface area contributed by atoms with Gasteiger partial charge in [0.25, 0.3) is 0 Å². The average Bonchev–Trinajstić information content (AvgIpc) is 2.68. The van der Waals surface area contributed by atoms with Gasteiger partial charge in [-0.2, -0.15) is 5.10 Å². The minimum absolute atomic E-state index is 0.435. The van der Waals surface area contributed by atoms with Crippen LogP contribution in [0.5, 0.6) is 5.75 Å². The zero-order valence-electron chi connectivity index (χ0n) is 15.1. The largest absolute Gasteiger partial charge is 0.489 e. The maximum atomic E-state index is 5.87. The van der Waals surface area contributed by atoms with Crippen molar-refractivity contribution in [3.05, 3.63) is 95.6 Å². The van der Waals surface area contributed by atoms with Gasteiger partial charge in [-0.25, -0.2) is 0 Å². The van der Waals surface area contributed by atoms with Crippen molar-refractivity contribution in [3.63, 3.8) is 0 Å². The summed E-state index contributed by atoms with van der Waals surface area (Å²) in [4.78, 5) is 0. The van der Waals surface area contributed by atoms with Gasteiger partial charge in [-0.15, -0.1) is 0 Å². The molecule has 5 heteroatoms. The number of para-hydroxylation sites is 1. The van der Waals surface area contributed by atoms with Crippen molar-refractivity contribution < 1.29 is 4.74 Å². The van der Waals surface area contributed by atoms with Crippen LogP contribution in [0.3, 0.4) is 0 Å². The van der Waals surface area contributed by atoms with Crippen LogP contribution in [0, 0.1) is 6.92 Å². The van der Waals surface area contributed by atoms with Crippen molar-refractivity contribution in [1.29, 1.82) is 0 Å². The van der Waals surface area contributed by atoms with E-state index in [1.807, 2.05) is 60.7 Å². The maximum absolute atomic E-state index is 5.87. The van der Waals surface area contributed by atoms with Crippen LogP contribution in [0.25, 0.3) is 0 Å². The van der Waals surface area contributed by atoms with Crippen molar-refractivity contribution in [2.24, 2.45) is 5.10 Å². The number of rotatable bonds is 6. The number of anilines is 1. The zero-order valence-corrected chi connectivity index (χ0v) is 15.9. The lowest BCUT2D eigenvalue weighted by Gasteiger charge is -2.08. The Kier molecular flexibility index (Phi) is 6.55. The van der Waals surface area contributed by atoms with Crippen molar-refractivity contribution >= 4 is 29.2 Å². The predicted octanol–water partition coefficient (Wildman–Crippen LogP) is 4.89. The van der Waals surface area contributed by atoms with Crippen LogP contribution in [-0.4, -0.2) is 11.3 Å². The predicted molar refractivity (Wildman–Crippen MR) is 115 cm³/mol. The molecule has 0 aromatic heterocycles. The van der Waals surface area contributed by atoms with Crippen LogP contribution < -0.4 is 15.5 Å². The van der Waals surface area contributed by atoms with Crippen molar-refractivity contribution in [3.8, 4) is 5.75 Å². The Bertz CT molecular complexity index is 926. The Morgan fingerprint density at radius 3 is 2.63 bits per heavy atom. The van der Waals surface area contributed by atoms with Gasteiger partial charge in [-0.05, 0) is 54.5 Å². The molecule has 0 aliphatic carbocycles. The molecule has 3 rings (SSSR count). The van der Waals surface area contributed by atoms with E-state index in [2.05, 4.69) is 41.0 Å². The minimum Gasteiger partial charge on any atom is -0.489 e. The molecule has 4 nitrogen and oxygen atoms in total. The first-order valence-corrected chi connectivity index (χ1v) is 9.03. The number of benzene rings is 3. The Hall–Kier alpha value is -3.18. The van der Waals surface area contributed by atoms with Crippen LogP contribution in [0.4, 0.5) is 5.69 Å². The highest BCUT2D eigenvalue weighted by molar-refractivity contribution is 7.80. The summed E-state index contributed by atoms with van der Waals surface area (Å²) in [6.45, 7) is 2.61. The van der Waals surface area contributed by atoms with Crippen molar-refractivity contribution in [2.45, 2.75) is 13.5 Å². The monoisotopic (exact) mass is 375 g/mol. The fraction of sp³-hybridized carbons (Fsp3) is 0.0909. The molecule has 0 spiro atoms. The molecule has 3 aromatic carbocycles. The summed E-state index contributed by atoms with van der Waals surface area (Å²) in [7, 11) is 0. The van der Waals surface area contributed by atoms with E-state index in [0.717, 1.165) is 22.6 Å². The van der Waals surface area contributed by atoms with Crippen LogP contribution in [0.15, 0.2) is 84.0 Å². The molecule has 0 aliphatic heterocycles. The van der Waals surface area contributed by atoms with Crippen molar-refractivity contribution in [1.82, 2.24) is 5.43 Å². The first-order chi connectivity index (χ1) is 13.2. The SMILES string of the molecule is Cc1cccc(COc2cccc(/C=N\NC(=S)Nc3ccccc3)c2)c1. The highest BCUT2D eigenvalue weighted by atomic mass is 32.1. The number of aryl methyl sites for hydroxylation is 1. The molecule has 2 N–H and O–H groups in total. The maximum Gasteiger partial charge on any atom is 0.191 e. The van der Waals surface area contributed by atoms with Crippen LogP contribution in [0.1, 0.15) is 16.7 Å². The molecular weight excluding hydrogens is 354 g/mol. The summed E-state index contributed by atoms with van der Waals surface area (Å²) in [6.07, 6.45) is 1.71. The topological polar surface area (TPSA) is 45.6 Å².